The quantitative estimate of drug-likeness (QED) is 0.894. The molecule has 6 heteroatoms. The number of hydrogen-bond donors (Lipinski definition) is 2. The number of amides is 2. The van der Waals surface area contributed by atoms with Crippen molar-refractivity contribution in [3.05, 3.63) is 48.2 Å². The third-order valence-corrected chi connectivity index (χ3v) is 4.26. The Kier molecular flexibility index (Phi) is 3.62. The van der Waals surface area contributed by atoms with Gasteiger partial charge < -0.3 is 10.6 Å². The van der Waals surface area contributed by atoms with Gasteiger partial charge in [0, 0.05) is 16.7 Å². The first-order valence-corrected chi connectivity index (χ1v) is 7.35. The van der Waals surface area contributed by atoms with Crippen molar-refractivity contribution >= 4 is 35.1 Å². The van der Waals surface area contributed by atoms with Crippen LogP contribution in [0.25, 0.3) is 0 Å². The zero-order valence-corrected chi connectivity index (χ0v) is 12.1. The molecule has 106 valence electrons. The second-order valence-corrected chi connectivity index (χ2v) is 6.01. The third kappa shape index (κ3) is 2.90. The number of nitrogens with one attached hydrogen (secondary N) is 2. The lowest BCUT2D eigenvalue weighted by Gasteiger charge is -2.21. The van der Waals surface area contributed by atoms with Crippen molar-refractivity contribution in [2.45, 2.75) is 17.1 Å². The van der Waals surface area contributed by atoms with Crippen LogP contribution in [-0.2, 0) is 4.79 Å². The Morgan fingerprint density at radius 3 is 2.95 bits per heavy atom. The van der Waals surface area contributed by atoms with Crippen LogP contribution >= 0.6 is 11.8 Å². The molecule has 1 aliphatic heterocycles. The Hall–Kier alpha value is -2.34. The summed E-state index contributed by atoms with van der Waals surface area (Å²) in [6, 6.07) is 10.6. The molecular formula is C15H13N3O2S. The maximum atomic E-state index is 12.2. The van der Waals surface area contributed by atoms with Gasteiger partial charge in [0.25, 0.3) is 5.91 Å². The summed E-state index contributed by atoms with van der Waals surface area (Å²) in [4.78, 5) is 28.9. The minimum atomic E-state index is -0.255. The first-order chi connectivity index (χ1) is 10.1. The van der Waals surface area contributed by atoms with Gasteiger partial charge in [0.2, 0.25) is 5.91 Å². The van der Waals surface area contributed by atoms with Gasteiger partial charge >= 0.3 is 0 Å². The molecule has 0 spiro atoms. The Balaban J connectivity index is 1.82. The standard InChI is InChI=1S/C15H13N3O2S/c1-9-14(19)17-11-8-10(5-6-12(11)21-9)15(20)18-13-4-2-3-7-16-13/h2-9H,1H3,(H,17,19)(H,16,18,20). The summed E-state index contributed by atoms with van der Waals surface area (Å²) in [6.45, 7) is 1.85. The Bertz CT molecular complexity index is 703. The summed E-state index contributed by atoms with van der Waals surface area (Å²) in [5.41, 5.74) is 1.16. The van der Waals surface area contributed by atoms with E-state index < -0.39 is 0 Å². The average Bonchev–Trinajstić information content (AvgIpc) is 2.49. The molecule has 0 aliphatic carbocycles. The molecule has 0 saturated carbocycles. The van der Waals surface area contributed by atoms with E-state index >= 15 is 0 Å². The fraction of sp³-hybridized carbons (Fsp3) is 0.133. The molecule has 1 atom stereocenters. The number of benzene rings is 1. The van der Waals surface area contributed by atoms with E-state index in [1.54, 1.807) is 36.5 Å². The zero-order valence-electron chi connectivity index (χ0n) is 11.3. The largest absolute Gasteiger partial charge is 0.324 e. The van der Waals surface area contributed by atoms with Crippen molar-refractivity contribution in [2.24, 2.45) is 0 Å². The summed E-state index contributed by atoms with van der Waals surface area (Å²) in [6.07, 6.45) is 1.61. The summed E-state index contributed by atoms with van der Waals surface area (Å²) >= 11 is 1.49. The number of hydrogen-bond acceptors (Lipinski definition) is 4. The number of pyridine rings is 1. The van der Waals surface area contributed by atoms with Crippen molar-refractivity contribution in [2.75, 3.05) is 10.6 Å². The molecule has 1 unspecified atom stereocenters. The first-order valence-electron chi connectivity index (χ1n) is 6.47. The lowest BCUT2D eigenvalue weighted by molar-refractivity contribution is -0.115. The van der Waals surface area contributed by atoms with E-state index in [-0.39, 0.29) is 17.1 Å². The summed E-state index contributed by atoms with van der Waals surface area (Å²) in [5.74, 6) is 0.191. The topological polar surface area (TPSA) is 71.1 Å². The molecule has 21 heavy (non-hydrogen) atoms. The van der Waals surface area contributed by atoms with Gasteiger partial charge in [-0.1, -0.05) is 6.07 Å². The molecule has 2 amide bonds. The van der Waals surface area contributed by atoms with Crippen LogP contribution in [0, 0.1) is 0 Å². The highest BCUT2D eigenvalue weighted by Crippen LogP contribution is 2.35. The van der Waals surface area contributed by atoms with Gasteiger partial charge in [-0.3, -0.25) is 9.59 Å². The molecule has 2 N–H and O–H groups in total. The predicted molar refractivity (Wildman–Crippen MR) is 82.6 cm³/mol. The molecular weight excluding hydrogens is 286 g/mol. The number of carbonyl (C=O) groups is 2. The maximum absolute atomic E-state index is 12.2. The molecule has 2 heterocycles. The van der Waals surface area contributed by atoms with Crippen molar-refractivity contribution in [1.29, 1.82) is 0 Å². The van der Waals surface area contributed by atoms with Gasteiger partial charge in [0.15, 0.2) is 0 Å². The normalized spacial score (nSPS) is 16.8. The number of fused-ring (bicyclic) bond motifs is 1. The second-order valence-electron chi connectivity index (χ2n) is 4.63. The number of nitrogens with zero attached hydrogens (tertiary/aromatic N) is 1. The van der Waals surface area contributed by atoms with Gasteiger partial charge in [-0.2, -0.15) is 0 Å². The van der Waals surface area contributed by atoms with Gasteiger partial charge in [-0.25, -0.2) is 4.98 Å². The van der Waals surface area contributed by atoms with Crippen LogP contribution in [-0.4, -0.2) is 22.0 Å². The highest BCUT2D eigenvalue weighted by molar-refractivity contribution is 8.00. The van der Waals surface area contributed by atoms with Crippen molar-refractivity contribution in [3.8, 4) is 0 Å². The van der Waals surface area contributed by atoms with Gasteiger partial charge in [-0.05, 0) is 37.3 Å². The molecule has 2 aromatic rings. The molecule has 0 bridgehead atoms. The number of rotatable bonds is 2. The van der Waals surface area contributed by atoms with Crippen molar-refractivity contribution in [3.63, 3.8) is 0 Å². The molecule has 1 aromatic carbocycles. The fourth-order valence-corrected chi connectivity index (χ4v) is 2.91. The molecule has 3 rings (SSSR count). The average molecular weight is 299 g/mol. The molecule has 1 aromatic heterocycles. The van der Waals surface area contributed by atoms with Crippen LogP contribution in [0.2, 0.25) is 0 Å². The van der Waals surface area contributed by atoms with Crippen molar-refractivity contribution < 1.29 is 9.59 Å². The maximum Gasteiger partial charge on any atom is 0.256 e. The Labute approximate surface area is 126 Å². The number of thioether (sulfide) groups is 1. The lowest BCUT2D eigenvalue weighted by Crippen LogP contribution is -2.26. The first kappa shape index (κ1) is 13.6. The zero-order chi connectivity index (χ0) is 14.8. The molecule has 5 nitrogen and oxygen atoms in total. The second kappa shape index (κ2) is 5.57. The lowest BCUT2D eigenvalue weighted by atomic mass is 10.1. The molecule has 0 fully saturated rings. The molecule has 0 radical (unpaired) electrons. The van der Waals surface area contributed by atoms with Crippen LogP contribution in [0.1, 0.15) is 17.3 Å². The van der Waals surface area contributed by atoms with Crippen LogP contribution in [0.15, 0.2) is 47.5 Å². The third-order valence-electron chi connectivity index (χ3n) is 3.08. The highest BCUT2D eigenvalue weighted by atomic mass is 32.2. The van der Waals surface area contributed by atoms with E-state index in [1.807, 2.05) is 13.0 Å². The van der Waals surface area contributed by atoms with Crippen LogP contribution in [0.5, 0.6) is 0 Å². The highest BCUT2D eigenvalue weighted by Gasteiger charge is 2.23. The molecule has 0 saturated heterocycles. The minimum Gasteiger partial charge on any atom is -0.324 e. The summed E-state index contributed by atoms with van der Waals surface area (Å²) in [5, 5.41) is 5.41. The van der Waals surface area contributed by atoms with E-state index in [1.165, 1.54) is 11.8 Å². The number of carbonyl (C=O) groups excluding carboxylic acids is 2. The van der Waals surface area contributed by atoms with Gasteiger partial charge in [0.1, 0.15) is 5.82 Å². The molecule has 1 aliphatic rings. The van der Waals surface area contributed by atoms with E-state index in [4.69, 9.17) is 0 Å². The number of aromatic nitrogens is 1. The summed E-state index contributed by atoms with van der Waals surface area (Å²) < 4.78 is 0. The van der Waals surface area contributed by atoms with Crippen LogP contribution in [0.4, 0.5) is 11.5 Å². The van der Waals surface area contributed by atoms with Crippen molar-refractivity contribution in [1.82, 2.24) is 4.98 Å². The minimum absolute atomic E-state index is 0.0465. The smallest absolute Gasteiger partial charge is 0.256 e. The monoisotopic (exact) mass is 299 g/mol. The Morgan fingerprint density at radius 2 is 2.19 bits per heavy atom. The summed E-state index contributed by atoms with van der Waals surface area (Å²) in [7, 11) is 0. The Morgan fingerprint density at radius 1 is 1.33 bits per heavy atom. The van der Waals surface area contributed by atoms with Crippen LogP contribution in [0.3, 0.4) is 0 Å². The van der Waals surface area contributed by atoms with E-state index in [0.717, 1.165) is 4.90 Å². The van der Waals surface area contributed by atoms with E-state index in [0.29, 0.717) is 17.1 Å². The van der Waals surface area contributed by atoms with Crippen LogP contribution < -0.4 is 10.6 Å². The van der Waals surface area contributed by atoms with E-state index in [2.05, 4.69) is 15.6 Å². The van der Waals surface area contributed by atoms with E-state index in [9.17, 15) is 9.59 Å². The van der Waals surface area contributed by atoms with Gasteiger partial charge in [-0.15, -0.1) is 11.8 Å². The SMILES string of the molecule is CC1Sc2ccc(C(=O)Nc3ccccn3)cc2NC1=O. The van der Waals surface area contributed by atoms with Gasteiger partial charge in [0.05, 0.1) is 10.9 Å². The predicted octanol–water partition coefficient (Wildman–Crippen LogP) is 2.77. The fourth-order valence-electron chi connectivity index (χ4n) is 1.98. The number of anilines is 2.